The zero-order valence-corrected chi connectivity index (χ0v) is 11.5. The highest BCUT2D eigenvalue weighted by Gasteiger charge is 2.18. The number of hydrogen-bond donors (Lipinski definition) is 1. The maximum atomic E-state index is 11.4. The third-order valence-electron chi connectivity index (χ3n) is 2.27. The minimum absolute atomic E-state index is 0.185. The van der Waals surface area contributed by atoms with Crippen molar-refractivity contribution in [3.8, 4) is 0 Å². The van der Waals surface area contributed by atoms with Gasteiger partial charge in [-0.2, -0.15) is 0 Å². The van der Waals surface area contributed by atoms with Gasteiger partial charge in [0.15, 0.2) is 0 Å². The van der Waals surface area contributed by atoms with Crippen LogP contribution in [-0.4, -0.2) is 32.1 Å². The van der Waals surface area contributed by atoms with Crippen molar-refractivity contribution in [2.75, 3.05) is 20.3 Å². The van der Waals surface area contributed by atoms with Crippen LogP contribution in [0.1, 0.15) is 22.8 Å². The van der Waals surface area contributed by atoms with Gasteiger partial charge in [-0.1, -0.05) is 0 Å². The zero-order chi connectivity index (χ0) is 13.5. The van der Waals surface area contributed by atoms with Gasteiger partial charge in [0.25, 0.3) is 0 Å². The molecule has 1 aromatic rings. The minimum Gasteiger partial charge on any atom is -0.459 e. The molecule has 1 rings (SSSR count). The number of amides is 1. The Balaban J connectivity index is 2.50. The molecule has 1 aromatic heterocycles. The van der Waals surface area contributed by atoms with Gasteiger partial charge in [0.05, 0.1) is 6.61 Å². The molecule has 1 amide bonds. The van der Waals surface area contributed by atoms with Crippen LogP contribution in [0.3, 0.4) is 0 Å². The Morgan fingerprint density at radius 2 is 2.17 bits per heavy atom. The lowest BCUT2D eigenvalue weighted by molar-refractivity contribution is -0.154. The fourth-order valence-electron chi connectivity index (χ4n) is 1.38. The average molecular weight is 271 g/mol. The van der Waals surface area contributed by atoms with Gasteiger partial charge in [-0.25, -0.2) is 4.79 Å². The first-order valence-electron chi connectivity index (χ1n) is 5.62. The number of nitrogens with one attached hydrogen (secondary N) is 1. The molecule has 0 saturated carbocycles. The molecule has 0 aromatic carbocycles. The van der Waals surface area contributed by atoms with Crippen LogP contribution in [0, 0.1) is 6.92 Å². The van der Waals surface area contributed by atoms with Crippen molar-refractivity contribution in [3.05, 3.63) is 21.9 Å². The molecule has 1 N–H and O–H groups in total. The number of aryl methyl sites for hydroxylation is 1. The van der Waals surface area contributed by atoms with Gasteiger partial charge < -0.3 is 14.8 Å². The predicted octanol–water partition coefficient (Wildman–Crippen LogP) is 1.42. The summed E-state index contributed by atoms with van der Waals surface area (Å²) >= 11 is 1.60. The van der Waals surface area contributed by atoms with E-state index in [1.807, 2.05) is 19.1 Å². The van der Waals surface area contributed by atoms with Gasteiger partial charge in [-0.3, -0.25) is 4.79 Å². The average Bonchev–Trinajstić information content (AvgIpc) is 2.76. The number of carbonyl (C=O) groups is 2. The lowest BCUT2D eigenvalue weighted by Gasteiger charge is -2.14. The normalized spacial score (nSPS) is 11.9. The van der Waals surface area contributed by atoms with Crippen molar-refractivity contribution in [2.45, 2.75) is 20.0 Å². The monoisotopic (exact) mass is 271 g/mol. The molecule has 0 spiro atoms. The van der Waals surface area contributed by atoms with Gasteiger partial charge >= 0.3 is 11.9 Å². The number of methoxy groups -OCH3 is 1. The highest BCUT2D eigenvalue weighted by atomic mass is 32.1. The molecular weight excluding hydrogens is 254 g/mol. The molecule has 1 unspecified atom stereocenters. The van der Waals surface area contributed by atoms with E-state index in [1.165, 1.54) is 4.88 Å². The highest BCUT2D eigenvalue weighted by Crippen LogP contribution is 2.24. The van der Waals surface area contributed by atoms with Crippen LogP contribution in [0.5, 0.6) is 0 Å². The van der Waals surface area contributed by atoms with Crippen LogP contribution in [0.2, 0.25) is 0 Å². The maximum absolute atomic E-state index is 11.4. The molecular formula is C12H17NO4S. The molecule has 0 aliphatic rings. The number of rotatable bonds is 5. The molecule has 100 valence electrons. The van der Waals surface area contributed by atoms with E-state index in [9.17, 15) is 9.59 Å². The van der Waals surface area contributed by atoms with Crippen LogP contribution in [0.4, 0.5) is 0 Å². The molecule has 0 bridgehead atoms. The number of esters is 1. The van der Waals surface area contributed by atoms with Crippen molar-refractivity contribution in [2.24, 2.45) is 0 Å². The summed E-state index contributed by atoms with van der Waals surface area (Å²) in [4.78, 5) is 24.6. The first-order valence-corrected chi connectivity index (χ1v) is 6.44. The lowest BCUT2D eigenvalue weighted by atomic mass is 10.3. The number of thiophene rings is 1. The quantitative estimate of drug-likeness (QED) is 0.650. The Morgan fingerprint density at radius 1 is 1.44 bits per heavy atom. The largest absolute Gasteiger partial charge is 0.459 e. The van der Waals surface area contributed by atoms with Gasteiger partial charge in [0, 0.05) is 23.4 Å². The van der Waals surface area contributed by atoms with E-state index < -0.39 is 11.9 Å². The molecule has 0 saturated heterocycles. The Kier molecular flexibility index (Phi) is 5.80. The van der Waals surface area contributed by atoms with Crippen molar-refractivity contribution >= 4 is 23.2 Å². The molecule has 0 aliphatic heterocycles. The predicted molar refractivity (Wildman–Crippen MR) is 68.4 cm³/mol. The maximum Gasteiger partial charge on any atom is 0.396 e. The second-order valence-corrected chi connectivity index (χ2v) is 4.92. The number of carbonyl (C=O) groups excluding carboxylic acids is 2. The van der Waals surface area contributed by atoms with E-state index in [2.05, 4.69) is 10.1 Å². The highest BCUT2D eigenvalue weighted by molar-refractivity contribution is 7.12. The van der Waals surface area contributed by atoms with E-state index in [1.54, 1.807) is 25.4 Å². The molecule has 5 nitrogen and oxygen atoms in total. The third kappa shape index (κ3) is 4.12. The van der Waals surface area contributed by atoms with Crippen LogP contribution in [0.25, 0.3) is 0 Å². The van der Waals surface area contributed by atoms with Crippen LogP contribution >= 0.6 is 11.3 Å². The van der Waals surface area contributed by atoms with Gasteiger partial charge in [0.1, 0.15) is 6.10 Å². The first kappa shape index (κ1) is 14.7. The van der Waals surface area contributed by atoms with Gasteiger partial charge in [-0.15, -0.1) is 11.3 Å². The summed E-state index contributed by atoms with van der Waals surface area (Å²) < 4.78 is 9.87. The zero-order valence-electron chi connectivity index (χ0n) is 10.7. The molecule has 1 heterocycles. The van der Waals surface area contributed by atoms with Crippen molar-refractivity contribution in [3.63, 3.8) is 0 Å². The fraction of sp³-hybridized carbons (Fsp3) is 0.500. The SMILES string of the molecule is CCOC(=O)C(=O)NCC(OC)c1ccc(C)s1. The van der Waals surface area contributed by atoms with Crippen LogP contribution in [0.15, 0.2) is 12.1 Å². The third-order valence-corrected chi connectivity index (χ3v) is 3.36. The van der Waals surface area contributed by atoms with E-state index >= 15 is 0 Å². The van der Waals surface area contributed by atoms with Gasteiger partial charge in [-0.05, 0) is 26.0 Å². The van der Waals surface area contributed by atoms with Crippen LogP contribution in [-0.2, 0) is 19.1 Å². The molecule has 1 atom stereocenters. The Bertz CT molecular complexity index is 416. The summed E-state index contributed by atoms with van der Waals surface area (Å²) in [5.41, 5.74) is 0. The molecule has 0 fully saturated rings. The topological polar surface area (TPSA) is 64.6 Å². The van der Waals surface area contributed by atoms with Crippen molar-refractivity contribution in [1.82, 2.24) is 5.32 Å². The Morgan fingerprint density at radius 3 is 2.67 bits per heavy atom. The van der Waals surface area contributed by atoms with E-state index in [-0.39, 0.29) is 19.3 Å². The summed E-state index contributed by atoms with van der Waals surface area (Å²) in [5, 5.41) is 2.49. The fourth-order valence-corrected chi connectivity index (χ4v) is 2.34. The summed E-state index contributed by atoms with van der Waals surface area (Å²) in [6.07, 6.45) is -0.248. The smallest absolute Gasteiger partial charge is 0.396 e. The van der Waals surface area contributed by atoms with Crippen molar-refractivity contribution in [1.29, 1.82) is 0 Å². The Hall–Kier alpha value is -1.40. The second-order valence-electron chi connectivity index (χ2n) is 3.60. The summed E-state index contributed by atoms with van der Waals surface area (Å²) in [7, 11) is 1.57. The lowest BCUT2D eigenvalue weighted by Crippen LogP contribution is -2.35. The second kappa shape index (κ2) is 7.13. The summed E-state index contributed by atoms with van der Waals surface area (Å²) in [5.74, 6) is -1.61. The van der Waals surface area contributed by atoms with E-state index in [4.69, 9.17) is 4.74 Å². The number of ether oxygens (including phenoxy) is 2. The standard InChI is InChI=1S/C12H17NO4S/c1-4-17-12(15)11(14)13-7-9(16-3)10-6-5-8(2)18-10/h5-6,9H,4,7H2,1-3H3,(H,13,14). The van der Waals surface area contributed by atoms with Crippen molar-refractivity contribution < 1.29 is 19.1 Å². The molecule has 0 radical (unpaired) electrons. The Labute approximate surface area is 110 Å². The summed E-state index contributed by atoms with van der Waals surface area (Å²) in [6, 6.07) is 3.93. The number of hydrogen-bond acceptors (Lipinski definition) is 5. The molecule has 18 heavy (non-hydrogen) atoms. The van der Waals surface area contributed by atoms with Crippen LogP contribution < -0.4 is 5.32 Å². The molecule has 6 heteroatoms. The van der Waals surface area contributed by atoms with E-state index in [0.717, 1.165) is 4.88 Å². The van der Waals surface area contributed by atoms with E-state index in [0.29, 0.717) is 0 Å². The first-order chi connectivity index (χ1) is 8.58. The van der Waals surface area contributed by atoms with Gasteiger partial charge in [0.2, 0.25) is 0 Å². The molecule has 0 aliphatic carbocycles. The summed E-state index contributed by atoms with van der Waals surface area (Å²) in [6.45, 7) is 4.08. The minimum atomic E-state index is -0.866.